The molecule has 0 spiro atoms. The van der Waals surface area contributed by atoms with Crippen molar-refractivity contribution in [3.63, 3.8) is 0 Å². The summed E-state index contributed by atoms with van der Waals surface area (Å²) in [5.41, 5.74) is 6.05. The first-order valence-electron chi connectivity index (χ1n) is 9.90. The van der Waals surface area contributed by atoms with Crippen LogP contribution in [0.15, 0.2) is 84.0 Å². The number of fused-ring (bicyclic) bond motifs is 1. The number of phenols is 1. The van der Waals surface area contributed by atoms with Crippen molar-refractivity contribution in [3.8, 4) is 22.8 Å². The molecule has 0 saturated carbocycles. The van der Waals surface area contributed by atoms with Crippen molar-refractivity contribution in [2.75, 3.05) is 6.61 Å². The molecule has 0 fully saturated rings. The summed E-state index contributed by atoms with van der Waals surface area (Å²) >= 11 is 0. The third-order valence-electron chi connectivity index (χ3n) is 4.69. The van der Waals surface area contributed by atoms with E-state index in [1.165, 1.54) is 12.3 Å². The number of amides is 1. The smallest absolute Gasteiger partial charge is 0.272 e. The summed E-state index contributed by atoms with van der Waals surface area (Å²) in [6.07, 6.45) is 1.47. The van der Waals surface area contributed by atoms with Crippen molar-refractivity contribution in [2.45, 2.75) is 6.92 Å². The topological polar surface area (TPSA) is 83.8 Å². The predicted molar refractivity (Wildman–Crippen MR) is 122 cm³/mol. The third kappa shape index (κ3) is 4.53. The lowest BCUT2D eigenvalue weighted by Crippen LogP contribution is -2.18. The monoisotopic (exact) mass is 411 g/mol. The van der Waals surface area contributed by atoms with Crippen LogP contribution < -0.4 is 10.2 Å². The second kappa shape index (κ2) is 9.09. The van der Waals surface area contributed by atoms with Crippen LogP contribution in [-0.4, -0.2) is 28.8 Å². The number of aromatic nitrogens is 1. The summed E-state index contributed by atoms with van der Waals surface area (Å²) in [4.78, 5) is 17.6. The van der Waals surface area contributed by atoms with Crippen LogP contribution in [-0.2, 0) is 0 Å². The molecule has 4 aromatic rings. The highest BCUT2D eigenvalue weighted by atomic mass is 16.5. The van der Waals surface area contributed by atoms with E-state index in [-0.39, 0.29) is 11.7 Å². The molecule has 1 aromatic heterocycles. The molecule has 0 bridgehead atoms. The van der Waals surface area contributed by atoms with E-state index >= 15 is 0 Å². The molecule has 2 N–H and O–H groups in total. The molecule has 0 atom stereocenters. The van der Waals surface area contributed by atoms with E-state index in [1.807, 2.05) is 61.5 Å². The molecular weight excluding hydrogens is 390 g/mol. The molecule has 0 saturated heterocycles. The maximum absolute atomic E-state index is 12.9. The summed E-state index contributed by atoms with van der Waals surface area (Å²) in [5.74, 6) is 0.0762. The number of para-hydroxylation sites is 1. The zero-order valence-corrected chi connectivity index (χ0v) is 16.9. The van der Waals surface area contributed by atoms with Gasteiger partial charge in [-0.3, -0.25) is 4.79 Å². The number of nitrogens with zero attached hydrogens (tertiary/aromatic N) is 2. The minimum atomic E-state index is -0.345. The van der Waals surface area contributed by atoms with Crippen LogP contribution in [0, 0.1) is 0 Å². The van der Waals surface area contributed by atoms with E-state index in [2.05, 4.69) is 10.5 Å². The number of hydrogen-bond acceptors (Lipinski definition) is 5. The second-order valence-electron chi connectivity index (χ2n) is 6.80. The lowest BCUT2D eigenvalue weighted by molar-refractivity contribution is 0.0956. The molecule has 0 aliphatic heterocycles. The fraction of sp³-hybridized carbons (Fsp3) is 0.0800. The zero-order valence-electron chi connectivity index (χ0n) is 16.9. The van der Waals surface area contributed by atoms with Gasteiger partial charge in [-0.15, -0.1) is 0 Å². The van der Waals surface area contributed by atoms with E-state index in [4.69, 9.17) is 9.72 Å². The number of hydrogen-bond donors (Lipinski definition) is 2. The van der Waals surface area contributed by atoms with Crippen molar-refractivity contribution < 1.29 is 14.6 Å². The van der Waals surface area contributed by atoms with Gasteiger partial charge in [-0.05, 0) is 42.8 Å². The first kappa shape index (κ1) is 20.1. The first-order chi connectivity index (χ1) is 15.2. The van der Waals surface area contributed by atoms with Gasteiger partial charge in [0.15, 0.2) is 11.5 Å². The Hall–Kier alpha value is -4.19. The van der Waals surface area contributed by atoms with Gasteiger partial charge in [0, 0.05) is 10.9 Å². The second-order valence-corrected chi connectivity index (χ2v) is 6.80. The number of rotatable bonds is 6. The normalized spacial score (nSPS) is 11.0. The van der Waals surface area contributed by atoms with E-state index in [0.29, 0.717) is 29.2 Å². The number of carbonyl (C=O) groups is 1. The number of nitrogens with one attached hydrogen (secondary N) is 1. The molecule has 1 amide bonds. The Balaban J connectivity index is 1.60. The summed E-state index contributed by atoms with van der Waals surface area (Å²) < 4.78 is 5.31. The number of aromatic hydroxyl groups is 1. The Morgan fingerprint density at radius 2 is 1.84 bits per heavy atom. The molecule has 31 heavy (non-hydrogen) atoms. The van der Waals surface area contributed by atoms with E-state index in [9.17, 15) is 9.90 Å². The zero-order chi connectivity index (χ0) is 21.6. The van der Waals surface area contributed by atoms with E-state index in [1.54, 1.807) is 18.2 Å². The fourth-order valence-electron chi connectivity index (χ4n) is 3.24. The number of hydrazone groups is 1. The number of phenolic OH excluding ortho intramolecular Hbond substituents is 1. The molecule has 154 valence electrons. The molecule has 1 heterocycles. The van der Waals surface area contributed by atoms with Gasteiger partial charge in [-0.2, -0.15) is 5.10 Å². The minimum absolute atomic E-state index is 0.0183. The molecule has 0 unspecified atom stereocenters. The summed E-state index contributed by atoms with van der Waals surface area (Å²) in [6, 6.07) is 23.9. The van der Waals surface area contributed by atoms with Crippen LogP contribution in [0.1, 0.15) is 22.8 Å². The third-order valence-corrected chi connectivity index (χ3v) is 4.69. The lowest BCUT2D eigenvalue weighted by Gasteiger charge is -2.09. The van der Waals surface area contributed by atoms with Crippen molar-refractivity contribution in [1.29, 1.82) is 0 Å². The highest BCUT2D eigenvalue weighted by Gasteiger charge is 2.13. The van der Waals surface area contributed by atoms with Gasteiger partial charge in [0.05, 0.1) is 29.6 Å². The van der Waals surface area contributed by atoms with Crippen molar-refractivity contribution in [3.05, 3.63) is 90.0 Å². The average molecular weight is 411 g/mol. The maximum Gasteiger partial charge on any atom is 0.272 e. The van der Waals surface area contributed by atoms with Crippen LogP contribution in [0.25, 0.3) is 22.2 Å². The van der Waals surface area contributed by atoms with E-state index < -0.39 is 0 Å². The van der Waals surface area contributed by atoms with Gasteiger partial charge in [-0.25, -0.2) is 10.4 Å². The Morgan fingerprint density at radius 3 is 2.61 bits per heavy atom. The molecule has 4 rings (SSSR count). The number of benzene rings is 3. The Morgan fingerprint density at radius 1 is 1.06 bits per heavy atom. The summed E-state index contributed by atoms with van der Waals surface area (Å²) in [6.45, 7) is 2.30. The van der Waals surface area contributed by atoms with Crippen LogP contribution in [0.5, 0.6) is 11.5 Å². The largest absolute Gasteiger partial charge is 0.504 e. The lowest BCUT2D eigenvalue weighted by atomic mass is 10.0. The molecule has 6 nitrogen and oxygen atoms in total. The number of ether oxygens (including phenoxy) is 1. The van der Waals surface area contributed by atoms with Gasteiger partial charge in [-0.1, -0.05) is 48.5 Å². The van der Waals surface area contributed by atoms with Gasteiger partial charge >= 0.3 is 0 Å². The molecule has 0 aliphatic rings. The fourth-order valence-corrected chi connectivity index (χ4v) is 3.24. The van der Waals surface area contributed by atoms with E-state index in [0.717, 1.165) is 16.5 Å². The maximum atomic E-state index is 12.9. The predicted octanol–water partition coefficient (Wildman–Crippen LogP) is 4.77. The summed E-state index contributed by atoms with van der Waals surface area (Å²) in [7, 11) is 0. The summed E-state index contributed by atoms with van der Waals surface area (Å²) in [5, 5.41) is 14.8. The highest BCUT2D eigenvalue weighted by Crippen LogP contribution is 2.26. The van der Waals surface area contributed by atoms with Crippen LogP contribution >= 0.6 is 0 Å². The van der Waals surface area contributed by atoms with Gasteiger partial charge in [0.1, 0.15) is 0 Å². The average Bonchev–Trinajstić information content (AvgIpc) is 2.80. The van der Waals surface area contributed by atoms with Crippen molar-refractivity contribution in [1.82, 2.24) is 10.4 Å². The SMILES string of the molecule is CCOc1ccc(C=NNC(=O)c2cc(-c3ccccc3)nc3ccccc23)cc1O. The molecule has 3 aromatic carbocycles. The van der Waals surface area contributed by atoms with Crippen molar-refractivity contribution in [2.24, 2.45) is 5.10 Å². The van der Waals surface area contributed by atoms with Crippen LogP contribution in [0.2, 0.25) is 0 Å². The van der Waals surface area contributed by atoms with Gasteiger partial charge < -0.3 is 9.84 Å². The molecular formula is C25H21N3O3. The Bertz CT molecular complexity index is 1250. The van der Waals surface area contributed by atoms with Crippen LogP contribution in [0.3, 0.4) is 0 Å². The van der Waals surface area contributed by atoms with Gasteiger partial charge in [0.2, 0.25) is 0 Å². The standard InChI is InChI=1S/C25H21N3O3/c1-2-31-24-13-12-17(14-23(24)29)16-26-28-25(30)20-15-22(18-8-4-3-5-9-18)27-21-11-7-6-10-19(20)21/h3-16,29H,2H2,1H3,(H,28,30). The molecule has 6 heteroatoms. The molecule has 0 aliphatic carbocycles. The number of carbonyl (C=O) groups excluding carboxylic acids is 1. The molecule has 0 radical (unpaired) electrons. The van der Waals surface area contributed by atoms with Gasteiger partial charge in [0.25, 0.3) is 5.91 Å². The quantitative estimate of drug-likeness (QED) is 0.354. The van der Waals surface area contributed by atoms with Crippen molar-refractivity contribution >= 4 is 23.0 Å². The Kier molecular flexibility index (Phi) is 5.89. The number of pyridine rings is 1. The van der Waals surface area contributed by atoms with Crippen LogP contribution in [0.4, 0.5) is 0 Å². The Labute approximate surface area is 179 Å². The minimum Gasteiger partial charge on any atom is -0.504 e. The first-order valence-corrected chi connectivity index (χ1v) is 9.90. The highest BCUT2D eigenvalue weighted by molar-refractivity contribution is 6.07.